The number of hydrogen-bond donors (Lipinski definition) is 2. The van der Waals surface area contributed by atoms with Crippen molar-refractivity contribution in [2.75, 3.05) is 6.61 Å². The van der Waals surface area contributed by atoms with Crippen molar-refractivity contribution in [1.82, 2.24) is 10.3 Å². The zero-order valence-electron chi connectivity index (χ0n) is 8.70. The maximum Gasteiger partial charge on any atom is 0.254 e. The lowest BCUT2D eigenvalue weighted by Crippen LogP contribution is -2.37. The molecule has 0 spiro atoms. The highest BCUT2D eigenvalue weighted by Gasteiger charge is 2.15. The zero-order valence-corrected chi connectivity index (χ0v) is 11.0. The van der Waals surface area contributed by atoms with Gasteiger partial charge in [-0.15, -0.1) is 0 Å². The molecule has 0 saturated carbocycles. The van der Waals surface area contributed by atoms with Crippen LogP contribution >= 0.6 is 27.5 Å². The van der Waals surface area contributed by atoms with Gasteiger partial charge in [0.2, 0.25) is 0 Å². The summed E-state index contributed by atoms with van der Waals surface area (Å²) >= 11 is 9.02. The van der Waals surface area contributed by atoms with E-state index in [9.17, 15) is 4.79 Å². The number of carbonyl (C=O) groups is 1. The summed E-state index contributed by atoms with van der Waals surface area (Å²) in [5.74, 6) is -0.334. The standard InChI is InChI=1S/C10H12BrClN2O2/c1-2-7(5-15)14-10(16)8-3-6(11)4-13-9(8)12/h3-4,7,15H,2,5H2,1H3,(H,14,16)/t7-/m0/s1. The molecule has 6 heteroatoms. The van der Waals surface area contributed by atoms with Crippen molar-refractivity contribution in [2.45, 2.75) is 19.4 Å². The first-order valence-electron chi connectivity index (χ1n) is 4.81. The van der Waals surface area contributed by atoms with Crippen molar-refractivity contribution in [3.05, 3.63) is 27.5 Å². The van der Waals surface area contributed by atoms with Crippen LogP contribution in [0, 0.1) is 0 Å². The number of pyridine rings is 1. The van der Waals surface area contributed by atoms with Crippen molar-refractivity contribution in [3.8, 4) is 0 Å². The Morgan fingerprint density at radius 1 is 1.75 bits per heavy atom. The fraction of sp³-hybridized carbons (Fsp3) is 0.400. The summed E-state index contributed by atoms with van der Waals surface area (Å²) in [4.78, 5) is 15.6. The smallest absolute Gasteiger partial charge is 0.254 e. The van der Waals surface area contributed by atoms with E-state index in [1.54, 1.807) is 6.07 Å². The Hall–Kier alpha value is -0.650. The van der Waals surface area contributed by atoms with E-state index in [2.05, 4.69) is 26.2 Å². The number of amides is 1. The molecular formula is C10H12BrClN2O2. The molecule has 0 aliphatic heterocycles. The normalized spacial score (nSPS) is 12.2. The molecule has 0 saturated heterocycles. The molecule has 0 aliphatic rings. The average molecular weight is 308 g/mol. The molecule has 0 unspecified atom stereocenters. The first kappa shape index (κ1) is 13.4. The van der Waals surface area contributed by atoms with Gasteiger partial charge in [0.1, 0.15) is 5.15 Å². The van der Waals surface area contributed by atoms with Crippen LogP contribution in [0.15, 0.2) is 16.7 Å². The van der Waals surface area contributed by atoms with E-state index in [0.29, 0.717) is 16.5 Å². The Morgan fingerprint density at radius 2 is 2.44 bits per heavy atom. The highest BCUT2D eigenvalue weighted by Crippen LogP contribution is 2.18. The summed E-state index contributed by atoms with van der Waals surface area (Å²) < 4.78 is 0.680. The summed E-state index contributed by atoms with van der Waals surface area (Å²) in [5.41, 5.74) is 0.294. The van der Waals surface area contributed by atoms with Crippen molar-refractivity contribution < 1.29 is 9.90 Å². The monoisotopic (exact) mass is 306 g/mol. The van der Waals surface area contributed by atoms with E-state index in [4.69, 9.17) is 16.7 Å². The fourth-order valence-electron chi connectivity index (χ4n) is 1.12. The van der Waals surface area contributed by atoms with Gasteiger partial charge in [0.05, 0.1) is 18.2 Å². The quantitative estimate of drug-likeness (QED) is 0.836. The second kappa shape index (κ2) is 6.18. The molecule has 2 N–H and O–H groups in total. The molecule has 1 amide bonds. The largest absolute Gasteiger partial charge is 0.394 e. The van der Waals surface area contributed by atoms with Gasteiger partial charge in [-0.05, 0) is 28.4 Å². The van der Waals surface area contributed by atoms with E-state index in [1.807, 2.05) is 6.92 Å². The number of aliphatic hydroxyl groups excluding tert-OH is 1. The topological polar surface area (TPSA) is 62.2 Å². The van der Waals surface area contributed by atoms with Crippen LogP contribution in [0.5, 0.6) is 0 Å². The number of halogens is 2. The number of aliphatic hydroxyl groups is 1. The number of aromatic nitrogens is 1. The molecule has 88 valence electrons. The Bertz CT molecular complexity index is 383. The van der Waals surface area contributed by atoms with Gasteiger partial charge in [0.15, 0.2) is 0 Å². The minimum atomic E-state index is -0.334. The minimum absolute atomic E-state index is 0.0959. The van der Waals surface area contributed by atoms with Gasteiger partial charge in [-0.1, -0.05) is 18.5 Å². The molecule has 4 nitrogen and oxygen atoms in total. The van der Waals surface area contributed by atoms with Crippen molar-refractivity contribution >= 4 is 33.4 Å². The fourth-order valence-corrected chi connectivity index (χ4v) is 1.64. The number of hydrogen-bond acceptors (Lipinski definition) is 3. The molecule has 1 heterocycles. The number of nitrogens with zero attached hydrogens (tertiary/aromatic N) is 1. The summed E-state index contributed by atoms with van der Waals surface area (Å²) in [6, 6.07) is 1.33. The van der Waals surface area contributed by atoms with Crippen LogP contribution in [0.3, 0.4) is 0 Å². The second-order valence-corrected chi connectivity index (χ2v) is 4.53. The van der Waals surface area contributed by atoms with Gasteiger partial charge < -0.3 is 10.4 Å². The Kier molecular flexibility index (Phi) is 5.18. The van der Waals surface area contributed by atoms with Gasteiger partial charge in [-0.2, -0.15) is 0 Å². The number of nitrogens with one attached hydrogen (secondary N) is 1. The molecule has 0 aromatic carbocycles. The van der Waals surface area contributed by atoms with Crippen LogP contribution in [0.4, 0.5) is 0 Å². The van der Waals surface area contributed by atoms with Crippen LogP contribution in [0.25, 0.3) is 0 Å². The SMILES string of the molecule is CC[C@@H](CO)NC(=O)c1cc(Br)cnc1Cl. The minimum Gasteiger partial charge on any atom is -0.394 e. The lowest BCUT2D eigenvalue weighted by Gasteiger charge is -2.14. The maximum atomic E-state index is 11.8. The van der Waals surface area contributed by atoms with Crippen LogP contribution < -0.4 is 5.32 Å². The van der Waals surface area contributed by atoms with Crippen LogP contribution in [-0.2, 0) is 0 Å². The second-order valence-electron chi connectivity index (χ2n) is 3.25. The van der Waals surface area contributed by atoms with Crippen molar-refractivity contribution in [2.24, 2.45) is 0 Å². The molecular weight excluding hydrogens is 295 g/mol. The molecule has 1 aromatic rings. The first-order valence-corrected chi connectivity index (χ1v) is 5.98. The van der Waals surface area contributed by atoms with Crippen LogP contribution in [-0.4, -0.2) is 28.6 Å². The van der Waals surface area contributed by atoms with E-state index in [0.717, 1.165) is 0 Å². The third-order valence-electron chi connectivity index (χ3n) is 2.10. The summed E-state index contributed by atoms with van der Waals surface area (Å²) in [7, 11) is 0. The molecule has 0 bridgehead atoms. The first-order chi connectivity index (χ1) is 7.58. The maximum absolute atomic E-state index is 11.8. The number of rotatable bonds is 4. The molecule has 0 fully saturated rings. The Labute approximate surface area is 107 Å². The summed E-state index contributed by atoms with van der Waals surface area (Å²) in [6.07, 6.45) is 2.17. The lowest BCUT2D eigenvalue weighted by molar-refractivity contribution is 0.0914. The van der Waals surface area contributed by atoms with Gasteiger partial charge >= 0.3 is 0 Å². The van der Waals surface area contributed by atoms with Crippen molar-refractivity contribution in [1.29, 1.82) is 0 Å². The molecule has 16 heavy (non-hydrogen) atoms. The molecule has 0 aliphatic carbocycles. The average Bonchev–Trinajstić information content (AvgIpc) is 2.28. The molecule has 1 atom stereocenters. The Balaban J connectivity index is 2.83. The van der Waals surface area contributed by atoms with Gasteiger partial charge in [0, 0.05) is 10.7 Å². The third kappa shape index (κ3) is 3.43. The highest BCUT2D eigenvalue weighted by molar-refractivity contribution is 9.10. The van der Waals surface area contributed by atoms with Crippen molar-refractivity contribution in [3.63, 3.8) is 0 Å². The highest BCUT2D eigenvalue weighted by atomic mass is 79.9. The van der Waals surface area contributed by atoms with Gasteiger partial charge in [0.25, 0.3) is 5.91 Å². The molecule has 1 rings (SSSR count). The number of carbonyl (C=O) groups excluding carboxylic acids is 1. The summed E-state index contributed by atoms with van der Waals surface area (Å²) in [5, 5.41) is 11.8. The summed E-state index contributed by atoms with van der Waals surface area (Å²) in [6.45, 7) is 1.78. The predicted molar refractivity (Wildman–Crippen MR) is 65.6 cm³/mol. The zero-order chi connectivity index (χ0) is 12.1. The van der Waals surface area contributed by atoms with E-state index in [1.165, 1.54) is 6.20 Å². The van der Waals surface area contributed by atoms with Gasteiger partial charge in [-0.25, -0.2) is 4.98 Å². The van der Waals surface area contributed by atoms with E-state index in [-0.39, 0.29) is 23.7 Å². The van der Waals surface area contributed by atoms with Crippen LogP contribution in [0.2, 0.25) is 5.15 Å². The third-order valence-corrected chi connectivity index (χ3v) is 2.83. The molecule has 1 aromatic heterocycles. The lowest BCUT2D eigenvalue weighted by atomic mass is 10.2. The van der Waals surface area contributed by atoms with Gasteiger partial charge in [-0.3, -0.25) is 4.79 Å². The predicted octanol–water partition coefficient (Wildman–Crippen LogP) is 2.00. The van der Waals surface area contributed by atoms with Crippen LogP contribution in [0.1, 0.15) is 23.7 Å². The Morgan fingerprint density at radius 3 is 3.00 bits per heavy atom. The van der Waals surface area contributed by atoms with E-state index >= 15 is 0 Å². The molecule has 0 radical (unpaired) electrons. The van der Waals surface area contributed by atoms with E-state index < -0.39 is 0 Å².